The molecule has 0 aromatic carbocycles. The van der Waals surface area contributed by atoms with E-state index in [0.717, 1.165) is 9.51 Å². The number of nitrogens with one attached hydrogen (secondary N) is 1. The molecular formula is C4H5NS3. The average molecular weight is 163 g/mol. The molecule has 0 amide bonds. The van der Waals surface area contributed by atoms with Crippen LogP contribution in [0.3, 0.4) is 0 Å². The fourth-order valence-electron chi connectivity index (χ4n) is 0.370. The largest absolute Gasteiger partial charge is 0.386 e. The van der Waals surface area contributed by atoms with Gasteiger partial charge in [0.15, 0.2) is 0 Å². The maximum atomic E-state index is 4.95. The molecule has 8 heavy (non-hydrogen) atoms. The molecule has 0 radical (unpaired) electrons. The second-order valence-electron chi connectivity index (χ2n) is 1.25. The van der Waals surface area contributed by atoms with E-state index in [1.807, 2.05) is 12.4 Å². The second-order valence-corrected chi connectivity index (χ2v) is 4.00. The first-order chi connectivity index (χ1) is 3.84. The van der Waals surface area contributed by atoms with Crippen molar-refractivity contribution in [1.82, 2.24) is 0 Å². The second kappa shape index (κ2) is 2.57. The van der Waals surface area contributed by atoms with Gasteiger partial charge in [0, 0.05) is 12.4 Å². The van der Waals surface area contributed by atoms with Crippen molar-refractivity contribution in [1.29, 1.82) is 0 Å². The summed E-state index contributed by atoms with van der Waals surface area (Å²) in [5.74, 6) is 0. The molecule has 1 rings (SSSR count). The van der Waals surface area contributed by atoms with E-state index < -0.39 is 0 Å². The Balaban J connectivity index is 3.11. The molecule has 0 aliphatic carbocycles. The Bertz CT molecular complexity index is 211. The highest BCUT2D eigenvalue weighted by atomic mass is 32.9. The van der Waals surface area contributed by atoms with E-state index in [2.05, 4.69) is 5.32 Å². The molecule has 0 spiro atoms. The van der Waals surface area contributed by atoms with Gasteiger partial charge in [-0.1, -0.05) is 32.9 Å². The summed E-state index contributed by atoms with van der Waals surface area (Å²) in [6.45, 7) is 0. The molecule has 4 heteroatoms. The van der Waals surface area contributed by atoms with Crippen LogP contribution in [0.5, 0.6) is 0 Å². The maximum absolute atomic E-state index is 4.95. The standard InChI is InChI=1S/C4H5NS3/c1-5-3-2-7-8-4(3)6/h2,5H,1H3. The monoisotopic (exact) mass is 163 g/mol. The van der Waals surface area contributed by atoms with Crippen LogP contribution in [0.4, 0.5) is 5.69 Å². The van der Waals surface area contributed by atoms with Gasteiger partial charge in [-0.15, -0.1) is 0 Å². The van der Waals surface area contributed by atoms with Crippen LogP contribution in [0.2, 0.25) is 0 Å². The molecule has 1 heterocycles. The molecule has 0 aliphatic heterocycles. The van der Waals surface area contributed by atoms with Gasteiger partial charge < -0.3 is 5.32 Å². The summed E-state index contributed by atoms with van der Waals surface area (Å²) in [5.41, 5.74) is 1.08. The third-order valence-electron chi connectivity index (χ3n) is 0.779. The molecule has 0 saturated heterocycles. The number of hydrogen-bond acceptors (Lipinski definition) is 4. The zero-order chi connectivity index (χ0) is 5.98. The topological polar surface area (TPSA) is 12.0 Å². The zero-order valence-corrected chi connectivity index (χ0v) is 6.75. The highest BCUT2D eigenvalue weighted by molar-refractivity contribution is 7.79. The highest BCUT2D eigenvalue weighted by Gasteiger charge is 1.89. The van der Waals surface area contributed by atoms with Gasteiger partial charge in [-0.3, -0.25) is 0 Å². The lowest BCUT2D eigenvalue weighted by Gasteiger charge is -1.86. The zero-order valence-electron chi connectivity index (χ0n) is 4.30. The van der Waals surface area contributed by atoms with Crippen LogP contribution in [0, 0.1) is 3.82 Å². The highest BCUT2D eigenvalue weighted by Crippen LogP contribution is 2.20. The Labute approximate surface area is 60.4 Å². The van der Waals surface area contributed by atoms with Crippen molar-refractivity contribution in [3.8, 4) is 0 Å². The van der Waals surface area contributed by atoms with Gasteiger partial charge in [0.05, 0.1) is 5.69 Å². The minimum absolute atomic E-state index is 0.956. The van der Waals surface area contributed by atoms with E-state index in [4.69, 9.17) is 12.2 Å². The van der Waals surface area contributed by atoms with E-state index in [0.29, 0.717) is 0 Å². The lowest BCUT2D eigenvalue weighted by atomic mass is 10.6. The van der Waals surface area contributed by atoms with Crippen LogP contribution in [-0.2, 0) is 0 Å². The van der Waals surface area contributed by atoms with E-state index in [1.165, 1.54) is 0 Å². The van der Waals surface area contributed by atoms with E-state index >= 15 is 0 Å². The molecule has 1 N–H and O–H groups in total. The Hall–Kier alpha value is 0.0700. The van der Waals surface area contributed by atoms with Crippen molar-refractivity contribution >= 4 is 38.6 Å². The fraction of sp³-hybridized carbons (Fsp3) is 0.250. The molecule has 0 bridgehead atoms. The van der Waals surface area contributed by atoms with Gasteiger partial charge in [0.2, 0.25) is 0 Å². The third kappa shape index (κ3) is 1.07. The van der Waals surface area contributed by atoms with Crippen LogP contribution in [0.15, 0.2) is 5.38 Å². The molecule has 1 nitrogen and oxygen atoms in total. The van der Waals surface area contributed by atoms with Crippen LogP contribution in [-0.4, -0.2) is 7.05 Å². The molecule has 0 saturated carbocycles. The van der Waals surface area contributed by atoms with E-state index in [1.54, 1.807) is 20.7 Å². The Morgan fingerprint density at radius 2 is 2.50 bits per heavy atom. The van der Waals surface area contributed by atoms with Gasteiger partial charge in [0.1, 0.15) is 3.82 Å². The van der Waals surface area contributed by atoms with Crippen LogP contribution < -0.4 is 5.32 Å². The van der Waals surface area contributed by atoms with Crippen molar-refractivity contribution in [3.63, 3.8) is 0 Å². The molecule has 1 aromatic rings. The van der Waals surface area contributed by atoms with Crippen molar-refractivity contribution in [2.24, 2.45) is 0 Å². The summed E-state index contributed by atoms with van der Waals surface area (Å²) in [7, 11) is 5.17. The first-order valence-corrected chi connectivity index (χ1v) is 4.72. The molecule has 0 unspecified atom stereocenters. The summed E-state index contributed by atoms with van der Waals surface area (Å²) in [6.07, 6.45) is 0. The Kier molecular flexibility index (Phi) is 1.99. The summed E-state index contributed by atoms with van der Waals surface area (Å²) in [6, 6.07) is 0. The Morgan fingerprint density at radius 3 is 2.75 bits per heavy atom. The summed E-state index contributed by atoms with van der Waals surface area (Å²) >= 11 is 4.95. The van der Waals surface area contributed by atoms with Crippen LogP contribution >= 0.6 is 32.9 Å². The molecule has 0 atom stereocenters. The summed E-state index contributed by atoms with van der Waals surface area (Å²) in [4.78, 5) is 0. The quantitative estimate of drug-likeness (QED) is 0.504. The van der Waals surface area contributed by atoms with E-state index in [9.17, 15) is 0 Å². The van der Waals surface area contributed by atoms with Crippen LogP contribution in [0.25, 0.3) is 0 Å². The third-order valence-corrected chi connectivity index (χ3v) is 3.44. The van der Waals surface area contributed by atoms with Gasteiger partial charge in [-0.05, 0) is 0 Å². The maximum Gasteiger partial charge on any atom is 0.124 e. The summed E-state index contributed by atoms with van der Waals surface area (Å²) in [5, 5.41) is 5.01. The molecule has 0 fully saturated rings. The average Bonchev–Trinajstić information content (AvgIpc) is 2.14. The van der Waals surface area contributed by atoms with Gasteiger partial charge in [-0.2, -0.15) is 0 Å². The predicted molar refractivity (Wildman–Crippen MR) is 42.6 cm³/mol. The SMILES string of the molecule is CNc1cssc1=S. The molecule has 1 aromatic heterocycles. The minimum Gasteiger partial charge on any atom is -0.386 e. The number of rotatable bonds is 1. The molecular weight excluding hydrogens is 158 g/mol. The number of anilines is 1. The lowest BCUT2D eigenvalue weighted by molar-refractivity contribution is 1.56. The predicted octanol–water partition coefficient (Wildman–Crippen LogP) is 2.58. The minimum atomic E-state index is 0.956. The normalized spacial score (nSPS) is 9.12. The number of hydrogen-bond donors (Lipinski definition) is 1. The van der Waals surface area contributed by atoms with Crippen molar-refractivity contribution in [2.45, 2.75) is 0 Å². The summed E-state index contributed by atoms with van der Waals surface area (Å²) < 4.78 is 0.956. The van der Waals surface area contributed by atoms with E-state index in [-0.39, 0.29) is 0 Å². The van der Waals surface area contributed by atoms with Crippen LogP contribution in [0.1, 0.15) is 0 Å². The smallest absolute Gasteiger partial charge is 0.124 e. The van der Waals surface area contributed by atoms with Gasteiger partial charge in [-0.25, -0.2) is 0 Å². The first kappa shape index (κ1) is 6.19. The lowest BCUT2D eigenvalue weighted by Crippen LogP contribution is -1.82. The fourth-order valence-corrected chi connectivity index (χ4v) is 2.72. The van der Waals surface area contributed by atoms with Gasteiger partial charge >= 0.3 is 0 Å². The van der Waals surface area contributed by atoms with Crippen molar-refractivity contribution in [3.05, 3.63) is 9.20 Å². The van der Waals surface area contributed by atoms with Crippen molar-refractivity contribution in [2.75, 3.05) is 12.4 Å². The first-order valence-electron chi connectivity index (χ1n) is 2.10. The molecule has 0 aliphatic rings. The van der Waals surface area contributed by atoms with Gasteiger partial charge in [0.25, 0.3) is 0 Å². The molecule has 44 valence electrons. The van der Waals surface area contributed by atoms with Crippen molar-refractivity contribution < 1.29 is 0 Å². The Morgan fingerprint density at radius 1 is 1.75 bits per heavy atom.